The number of alkyl halides is 7. The molecule has 0 spiro atoms. The Labute approximate surface area is 128 Å². The maximum Gasteiger partial charge on any atom is 0.408 e. The highest BCUT2D eigenvalue weighted by molar-refractivity contribution is 7.90. The Morgan fingerprint density at radius 2 is 0.810 bits per heavy atom. The van der Waals surface area contributed by atoms with E-state index >= 15 is 0 Å². The zero-order valence-corrected chi connectivity index (χ0v) is 13.9. The van der Waals surface area contributed by atoms with E-state index in [4.69, 9.17) is 0 Å². The molecule has 0 rings (SSSR count). The van der Waals surface area contributed by atoms with Crippen LogP contribution >= 0.6 is 0 Å². The lowest BCUT2D eigenvalue weighted by Crippen LogP contribution is -2.51. The zero-order chi connectivity index (χ0) is 17.8. The van der Waals surface area contributed by atoms with E-state index < -0.39 is 17.4 Å². The first-order chi connectivity index (χ1) is 8.96. The number of rotatable bonds is 3. The van der Waals surface area contributed by atoms with Crippen molar-refractivity contribution in [2.24, 2.45) is 0 Å². The molecule has 0 aliphatic heterocycles. The Bertz CT molecular complexity index is 268. The van der Waals surface area contributed by atoms with Crippen molar-refractivity contribution in [3.05, 3.63) is 0 Å². The lowest BCUT2D eigenvalue weighted by molar-refractivity contribution is -0.302. The summed E-state index contributed by atoms with van der Waals surface area (Å²) < 4.78 is 85.0. The fourth-order valence-electron chi connectivity index (χ4n) is 1.14. The summed E-state index contributed by atoms with van der Waals surface area (Å²) in [5.74, 6) is 0. The predicted molar refractivity (Wildman–Crippen MR) is 71.7 cm³/mol. The number of nitrogens with zero attached hydrogens (tertiary/aromatic N) is 3. The molecule has 3 nitrogen and oxygen atoms in total. The van der Waals surface area contributed by atoms with Crippen LogP contribution in [-0.4, -0.2) is 72.6 Å². The molecule has 130 valence electrons. The van der Waals surface area contributed by atoms with Gasteiger partial charge in [-0.1, -0.05) is 12.9 Å². The minimum atomic E-state index is -6.10. The molecule has 0 aromatic rings. The highest BCUT2D eigenvalue weighted by Gasteiger charge is 2.62. The van der Waals surface area contributed by atoms with E-state index in [1.807, 2.05) is 0 Å². The molecule has 0 radical (unpaired) electrons. The number of hydrogen-bond donors (Lipinski definition) is 0. The number of hydrogen-bond acceptors (Lipinski definition) is 4. The smallest absolute Gasteiger partial charge is 0.408 e. The highest BCUT2D eigenvalue weighted by Crippen LogP contribution is 2.44. The standard InChI is InChI=1S/C6H18N3S.C3HF7S/c1-7(2)10(8(3)4)9(5)6;4-1(11,2(5,6)7)3(8,9)10/h1-6H3;11H/q+1;/p-1. The van der Waals surface area contributed by atoms with Crippen molar-refractivity contribution in [1.82, 2.24) is 12.9 Å². The first-order valence-electron chi connectivity index (χ1n) is 5.26. The second-order valence-electron chi connectivity index (χ2n) is 4.27. The Kier molecular flexibility index (Phi) is 8.99. The molecule has 0 saturated carbocycles. The predicted octanol–water partition coefficient (Wildman–Crippen LogP) is 2.36. The summed E-state index contributed by atoms with van der Waals surface area (Å²) in [6.07, 6.45) is -12.2. The van der Waals surface area contributed by atoms with Crippen molar-refractivity contribution in [2.75, 3.05) is 42.3 Å². The molecule has 0 aliphatic carbocycles. The van der Waals surface area contributed by atoms with Gasteiger partial charge in [-0.05, 0) is 0 Å². The van der Waals surface area contributed by atoms with Crippen molar-refractivity contribution >= 4 is 24.1 Å². The van der Waals surface area contributed by atoms with E-state index in [9.17, 15) is 30.7 Å². The minimum Gasteiger partial charge on any atom is -0.734 e. The van der Waals surface area contributed by atoms with Crippen LogP contribution in [0.25, 0.3) is 0 Å². The SMILES string of the molecule is CN(C)[S+](N(C)C)N(C)C.FC(F)(F)C(F)([S-])C(F)(F)F. The van der Waals surface area contributed by atoms with Gasteiger partial charge in [-0.3, -0.25) is 4.39 Å². The van der Waals surface area contributed by atoms with E-state index in [0.29, 0.717) is 0 Å². The second-order valence-corrected chi connectivity index (χ2v) is 7.52. The van der Waals surface area contributed by atoms with Gasteiger partial charge in [0.15, 0.2) is 5.00 Å². The van der Waals surface area contributed by atoms with Gasteiger partial charge in [0.25, 0.3) is 11.5 Å². The molecule has 21 heavy (non-hydrogen) atoms. The summed E-state index contributed by atoms with van der Waals surface area (Å²) >= 11 is 2.82. The summed E-state index contributed by atoms with van der Waals surface area (Å²) in [6, 6.07) is 0. The van der Waals surface area contributed by atoms with Crippen LogP contribution in [0.5, 0.6) is 0 Å². The van der Waals surface area contributed by atoms with E-state index in [2.05, 4.69) is 67.8 Å². The van der Waals surface area contributed by atoms with Crippen LogP contribution in [0.1, 0.15) is 0 Å². The molecule has 0 N–H and O–H groups in total. The fraction of sp³-hybridized carbons (Fsp3) is 1.00. The van der Waals surface area contributed by atoms with Gasteiger partial charge in [0.2, 0.25) is 0 Å². The Hall–Kier alpha value is 0.0900. The van der Waals surface area contributed by atoms with Gasteiger partial charge in [-0.2, -0.15) is 26.3 Å². The van der Waals surface area contributed by atoms with E-state index in [1.165, 1.54) is 0 Å². The van der Waals surface area contributed by atoms with E-state index in [0.717, 1.165) is 0 Å². The molecular formula is C9H18F7N3S2. The van der Waals surface area contributed by atoms with Gasteiger partial charge in [-0.25, -0.2) is 0 Å². The van der Waals surface area contributed by atoms with Gasteiger partial charge >= 0.3 is 12.4 Å². The van der Waals surface area contributed by atoms with Crippen LogP contribution in [-0.2, 0) is 24.1 Å². The van der Waals surface area contributed by atoms with Gasteiger partial charge < -0.3 is 12.6 Å². The zero-order valence-electron chi connectivity index (χ0n) is 12.3. The first-order valence-corrected chi connectivity index (χ1v) is 6.76. The van der Waals surface area contributed by atoms with Crippen LogP contribution in [0.3, 0.4) is 0 Å². The first kappa shape index (κ1) is 23.4. The lowest BCUT2D eigenvalue weighted by atomic mass is 10.3. The maximum atomic E-state index is 11.7. The van der Waals surface area contributed by atoms with Crippen LogP contribution in [0.2, 0.25) is 0 Å². The minimum absolute atomic E-state index is 0.120. The van der Waals surface area contributed by atoms with E-state index in [1.54, 1.807) is 0 Å². The maximum absolute atomic E-state index is 11.7. The molecule has 0 unspecified atom stereocenters. The summed E-state index contributed by atoms with van der Waals surface area (Å²) in [4.78, 5) is 0. The third-order valence-electron chi connectivity index (χ3n) is 1.71. The van der Waals surface area contributed by atoms with Crippen molar-refractivity contribution < 1.29 is 30.7 Å². The van der Waals surface area contributed by atoms with Gasteiger partial charge in [0, 0.05) is 42.3 Å². The van der Waals surface area contributed by atoms with Gasteiger partial charge in [-0.15, -0.1) is 0 Å². The topological polar surface area (TPSA) is 9.72 Å². The third-order valence-corrected chi connectivity index (χ3v) is 4.13. The number of halogens is 7. The largest absolute Gasteiger partial charge is 0.734 e. The molecule has 0 heterocycles. The summed E-state index contributed by atoms with van der Waals surface area (Å²) in [7, 11) is 12.5. The molecule has 0 aromatic heterocycles. The van der Waals surface area contributed by atoms with Crippen LogP contribution < -0.4 is 0 Å². The fourth-order valence-corrected chi connectivity index (χ4v) is 3.10. The quantitative estimate of drug-likeness (QED) is 0.431. The molecule has 0 bridgehead atoms. The van der Waals surface area contributed by atoms with Gasteiger partial charge in [0.1, 0.15) is 0 Å². The lowest BCUT2D eigenvalue weighted by Gasteiger charge is -2.35. The summed E-state index contributed by atoms with van der Waals surface area (Å²) in [5.41, 5.74) is 0. The van der Waals surface area contributed by atoms with Crippen molar-refractivity contribution in [2.45, 2.75) is 17.4 Å². The average molecular weight is 365 g/mol. The summed E-state index contributed by atoms with van der Waals surface area (Å²) in [5, 5.41) is -5.54. The molecule has 0 aliphatic rings. The Morgan fingerprint density at radius 1 is 0.619 bits per heavy atom. The van der Waals surface area contributed by atoms with E-state index in [-0.39, 0.29) is 11.5 Å². The van der Waals surface area contributed by atoms with Gasteiger partial charge in [0.05, 0.1) is 0 Å². The molecule has 0 aromatic carbocycles. The Morgan fingerprint density at radius 3 is 0.810 bits per heavy atom. The normalized spacial score (nSPS) is 14.0. The van der Waals surface area contributed by atoms with Crippen molar-refractivity contribution in [3.63, 3.8) is 0 Å². The molecule has 0 saturated heterocycles. The third kappa shape index (κ3) is 7.26. The molecule has 0 atom stereocenters. The molecule has 12 heteroatoms. The monoisotopic (exact) mass is 365 g/mol. The molecule has 0 amide bonds. The summed E-state index contributed by atoms with van der Waals surface area (Å²) in [6.45, 7) is 0. The van der Waals surface area contributed by atoms with Crippen LogP contribution in [0.15, 0.2) is 0 Å². The molecular weight excluding hydrogens is 347 g/mol. The highest BCUT2D eigenvalue weighted by atomic mass is 32.2. The van der Waals surface area contributed by atoms with Crippen LogP contribution in [0, 0.1) is 0 Å². The molecule has 0 fully saturated rings. The Balaban J connectivity index is 0. The van der Waals surface area contributed by atoms with Crippen molar-refractivity contribution in [1.29, 1.82) is 0 Å². The average Bonchev–Trinajstić information content (AvgIpc) is 2.11. The van der Waals surface area contributed by atoms with Crippen LogP contribution in [0.4, 0.5) is 30.7 Å². The van der Waals surface area contributed by atoms with Crippen molar-refractivity contribution in [3.8, 4) is 0 Å². The second kappa shape index (κ2) is 8.09.